The number of hydrogen-bond donors (Lipinski definition) is 2. The van der Waals surface area contributed by atoms with Gasteiger partial charge in [-0.05, 0) is 6.07 Å². The van der Waals surface area contributed by atoms with Crippen LogP contribution in [0.3, 0.4) is 0 Å². The molecule has 0 aliphatic rings. The summed E-state index contributed by atoms with van der Waals surface area (Å²) in [5, 5.41) is 10.5. The van der Waals surface area contributed by atoms with Crippen LogP contribution in [-0.4, -0.2) is 18.5 Å². The average molecular weight is 176 g/mol. The van der Waals surface area contributed by atoms with E-state index in [0.717, 1.165) is 5.69 Å². The number of nitrogens with one attached hydrogen (secondary N) is 2. The first-order valence-electron chi connectivity index (χ1n) is 4.03. The molecule has 0 unspecified atom stereocenters. The van der Waals surface area contributed by atoms with Gasteiger partial charge in [0.25, 0.3) is 0 Å². The topological polar surface area (TPSA) is 53.0 Å². The van der Waals surface area contributed by atoms with Crippen LogP contribution in [0.1, 0.15) is 12.5 Å². The molecule has 0 heterocycles. The summed E-state index contributed by atoms with van der Waals surface area (Å²) in [5.74, 6) is -0.220. The first-order valence-corrected chi connectivity index (χ1v) is 4.03. The predicted molar refractivity (Wildman–Crippen MR) is 53.5 cm³/mol. The number of carbonyl (C=O) groups excluding carboxylic acids is 1. The quantitative estimate of drug-likeness (QED) is 0.688. The number of anilines is 1. The van der Waals surface area contributed by atoms with E-state index in [1.807, 2.05) is 18.2 Å². The zero-order valence-corrected chi connectivity index (χ0v) is 7.72. The summed E-state index contributed by atoms with van der Waals surface area (Å²) >= 11 is 0. The highest BCUT2D eigenvalue weighted by Gasteiger charge is 2.09. The van der Waals surface area contributed by atoms with Crippen LogP contribution in [-0.2, 0) is 4.79 Å². The molecule has 1 rings (SSSR count). The normalized spacial score (nSPS) is 9.38. The van der Waals surface area contributed by atoms with Gasteiger partial charge in [-0.2, -0.15) is 0 Å². The Morgan fingerprint density at radius 3 is 2.54 bits per heavy atom. The first-order chi connectivity index (χ1) is 6.16. The van der Waals surface area contributed by atoms with Gasteiger partial charge in [0.05, 0.1) is 0 Å². The standard InChI is InChI=1S/C10H12N2O/c1-7(13)10(11)8-5-3-4-6-9(8)12-2/h3-6,11-12H,1-2H3. The molecule has 13 heavy (non-hydrogen) atoms. The van der Waals surface area contributed by atoms with Crippen molar-refractivity contribution in [1.82, 2.24) is 0 Å². The van der Waals surface area contributed by atoms with Crippen molar-refractivity contribution in [1.29, 1.82) is 5.41 Å². The van der Waals surface area contributed by atoms with E-state index in [9.17, 15) is 4.79 Å². The van der Waals surface area contributed by atoms with Crippen LogP contribution in [0.5, 0.6) is 0 Å². The molecule has 0 saturated carbocycles. The molecule has 1 aromatic rings. The van der Waals surface area contributed by atoms with Gasteiger partial charge < -0.3 is 5.32 Å². The van der Waals surface area contributed by atoms with Gasteiger partial charge in [-0.15, -0.1) is 0 Å². The summed E-state index contributed by atoms with van der Waals surface area (Å²) in [4.78, 5) is 11.0. The molecule has 0 atom stereocenters. The van der Waals surface area contributed by atoms with E-state index in [0.29, 0.717) is 5.56 Å². The number of rotatable bonds is 3. The maximum Gasteiger partial charge on any atom is 0.178 e. The van der Waals surface area contributed by atoms with Gasteiger partial charge in [-0.1, -0.05) is 18.2 Å². The van der Waals surface area contributed by atoms with Crippen molar-refractivity contribution >= 4 is 17.2 Å². The highest BCUT2D eigenvalue weighted by Crippen LogP contribution is 2.14. The summed E-state index contributed by atoms with van der Waals surface area (Å²) in [5.41, 5.74) is 1.50. The van der Waals surface area contributed by atoms with E-state index in [-0.39, 0.29) is 11.5 Å². The largest absolute Gasteiger partial charge is 0.388 e. The van der Waals surface area contributed by atoms with Crippen LogP contribution in [0.4, 0.5) is 5.69 Å². The van der Waals surface area contributed by atoms with Crippen molar-refractivity contribution in [2.45, 2.75) is 6.92 Å². The molecule has 0 aliphatic carbocycles. The molecular weight excluding hydrogens is 164 g/mol. The van der Waals surface area contributed by atoms with Crippen LogP contribution in [0.2, 0.25) is 0 Å². The Labute approximate surface area is 77.3 Å². The SMILES string of the molecule is CNc1ccccc1C(=N)C(C)=O. The Kier molecular flexibility index (Phi) is 2.80. The molecule has 0 fully saturated rings. The van der Waals surface area contributed by atoms with Crippen molar-refractivity contribution in [3.05, 3.63) is 29.8 Å². The fourth-order valence-corrected chi connectivity index (χ4v) is 1.11. The maximum absolute atomic E-state index is 11.0. The number of benzene rings is 1. The first kappa shape index (κ1) is 9.45. The molecule has 3 heteroatoms. The molecule has 0 spiro atoms. The Morgan fingerprint density at radius 2 is 2.00 bits per heavy atom. The van der Waals surface area contributed by atoms with Crippen LogP contribution >= 0.6 is 0 Å². The van der Waals surface area contributed by atoms with Crippen LogP contribution in [0, 0.1) is 5.41 Å². The number of hydrogen-bond acceptors (Lipinski definition) is 3. The van der Waals surface area contributed by atoms with Gasteiger partial charge in [-0.25, -0.2) is 0 Å². The second kappa shape index (κ2) is 3.85. The zero-order valence-electron chi connectivity index (χ0n) is 7.72. The van der Waals surface area contributed by atoms with E-state index in [4.69, 9.17) is 5.41 Å². The molecular formula is C10H12N2O. The minimum atomic E-state index is -0.220. The fraction of sp³-hybridized carbons (Fsp3) is 0.200. The third-order valence-electron chi connectivity index (χ3n) is 1.82. The summed E-state index contributed by atoms with van der Waals surface area (Å²) < 4.78 is 0. The minimum absolute atomic E-state index is 0.0463. The lowest BCUT2D eigenvalue weighted by atomic mass is 10.1. The third-order valence-corrected chi connectivity index (χ3v) is 1.82. The Bertz CT molecular complexity index is 345. The second-order valence-electron chi connectivity index (χ2n) is 2.73. The van der Waals surface area contributed by atoms with Crippen molar-refractivity contribution in [3.63, 3.8) is 0 Å². The van der Waals surface area contributed by atoms with Gasteiger partial charge >= 0.3 is 0 Å². The molecule has 1 aromatic carbocycles. The van der Waals surface area contributed by atoms with E-state index in [1.165, 1.54) is 6.92 Å². The smallest absolute Gasteiger partial charge is 0.178 e. The van der Waals surface area contributed by atoms with Crippen LogP contribution in [0.25, 0.3) is 0 Å². The van der Waals surface area contributed by atoms with Gasteiger partial charge in [0.15, 0.2) is 5.78 Å². The lowest BCUT2D eigenvalue weighted by Crippen LogP contribution is -2.11. The molecule has 0 saturated heterocycles. The Balaban J connectivity index is 3.13. The molecule has 0 radical (unpaired) electrons. The van der Waals surface area contributed by atoms with E-state index >= 15 is 0 Å². The number of carbonyl (C=O) groups is 1. The lowest BCUT2D eigenvalue weighted by molar-refractivity contribution is -0.111. The van der Waals surface area contributed by atoms with E-state index in [1.54, 1.807) is 13.1 Å². The van der Waals surface area contributed by atoms with Crippen LogP contribution in [0.15, 0.2) is 24.3 Å². The predicted octanol–water partition coefficient (Wildman–Crippen LogP) is 1.69. The Hall–Kier alpha value is -1.64. The second-order valence-corrected chi connectivity index (χ2v) is 2.73. The summed E-state index contributed by atoms with van der Waals surface area (Å²) in [6.07, 6.45) is 0. The van der Waals surface area contributed by atoms with Crippen molar-refractivity contribution < 1.29 is 4.79 Å². The summed E-state index contributed by atoms with van der Waals surface area (Å²) in [6, 6.07) is 7.28. The molecule has 0 aromatic heterocycles. The highest BCUT2D eigenvalue weighted by atomic mass is 16.1. The van der Waals surface area contributed by atoms with Gasteiger partial charge in [0.2, 0.25) is 0 Å². The van der Waals surface area contributed by atoms with Crippen molar-refractivity contribution in [3.8, 4) is 0 Å². The zero-order chi connectivity index (χ0) is 9.84. The highest BCUT2D eigenvalue weighted by molar-refractivity contribution is 6.45. The number of ketones is 1. The van der Waals surface area contributed by atoms with Crippen molar-refractivity contribution in [2.24, 2.45) is 0 Å². The molecule has 0 aliphatic heterocycles. The van der Waals surface area contributed by atoms with E-state index in [2.05, 4.69) is 5.32 Å². The van der Waals surface area contributed by atoms with Crippen LogP contribution < -0.4 is 5.32 Å². The molecule has 68 valence electrons. The van der Waals surface area contributed by atoms with Gasteiger partial charge in [0, 0.05) is 25.2 Å². The van der Waals surface area contributed by atoms with Gasteiger partial charge in [0.1, 0.15) is 5.71 Å². The van der Waals surface area contributed by atoms with Crippen molar-refractivity contribution in [2.75, 3.05) is 12.4 Å². The van der Waals surface area contributed by atoms with E-state index < -0.39 is 0 Å². The monoisotopic (exact) mass is 176 g/mol. The fourth-order valence-electron chi connectivity index (χ4n) is 1.11. The van der Waals surface area contributed by atoms with Gasteiger partial charge in [-0.3, -0.25) is 10.2 Å². The number of Topliss-reactive ketones (excluding diaryl/α,β-unsaturated/α-hetero) is 1. The average Bonchev–Trinajstić information content (AvgIpc) is 2.16. The number of para-hydroxylation sites is 1. The summed E-state index contributed by atoms with van der Waals surface area (Å²) in [6.45, 7) is 1.40. The minimum Gasteiger partial charge on any atom is -0.388 e. The third kappa shape index (κ3) is 1.93. The molecule has 3 nitrogen and oxygen atoms in total. The summed E-state index contributed by atoms with van der Waals surface area (Å²) in [7, 11) is 1.77. The molecule has 0 bridgehead atoms. The maximum atomic E-state index is 11.0. The lowest BCUT2D eigenvalue weighted by Gasteiger charge is -2.07. The molecule has 0 amide bonds. The molecule has 2 N–H and O–H groups in total. The Morgan fingerprint density at radius 1 is 1.38 bits per heavy atom.